The first-order valence-corrected chi connectivity index (χ1v) is 7.11. The summed E-state index contributed by atoms with van der Waals surface area (Å²) in [6.45, 7) is 2.20. The fraction of sp³-hybridized carbons (Fsp3) is 0.167. The topological polar surface area (TPSA) is 70.4 Å². The predicted octanol–water partition coefficient (Wildman–Crippen LogP) is 3.01. The lowest BCUT2D eigenvalue weighted by molar-refractivity contribution is 0.0601. The van der Waals surface area contributed by atoms with Gasteiger partial charge >= 0.3 is 5.97 Å². The molecule has 1 amide bonds. The number of hydrogen-bond donors (Lipinski definition) is 0. The van der Waals surface area contributed by atoms with Crippen molar-refractivity contribution in [2.24, 2.45) is 0 Å². The van der Waals surface area contributed by atoms with Gasteiger partial charge in [-0.1, -0.05) is 18.2 Å². The molecule has 2 rings (SSSR count). The van der Waals surface area contributed by atoms with Crippen molar-refractivity contribution in [3.05, 3.63) is 65.2 Å². The molecule has 0 aliphatic heterocycles. The summed E-state index contributed by atoms with van der Waals surface area (Å²) in [4.78, 5) is 26.2. The smallest absolute Gasteiger partial charge is 0.339 e. The zero-order valence-corrected chi connectivity index (χ0v) is 12.9. The Kier molecular flexibility index (Phi) is 5.11. The van der Waals surface area contributed by atoms with Crippen LogP contribution >= 0.6 is 0 Å². The van der Waals surface area contributed by atoms with Gasteiger partial charge in [0.1, 0.15) is 0 Å². The van der Waals surface area contributed by atoms with Gasteiger partial charge in [-0.05, 0) is 37.3 Å². The zero-order valence-electron chi connectivity index (χ0n) is 12.9. The second-order valence-electron chi connectivity index (χ2n) is 4.75. The van der Waals surface area contributed by atoms with Crippen LogP contribution in [0.5, 0.6) is 0 Å². The van der Waals surface area contributed by atoms with E-state index in [2.05, 4.69) is 0 Å². The number of methoxy groups -OCH3 is 1. The van der Waals surface area contributed by atoms with E-state index in [-0.39, 0.29) is 5.91 Å². The highest BCUT2D eigenvalue weighted by atomic mass is 16.5. The Hall–Kier alpha value is -3.13. The molecule has 5 nitrogen and oxygen atoms in total. The molecule has 0 N–H and O–H groups in total. The van der Waals surface area contributed by atoms with Crippen LogP contribution in [0.15, 0.2) is 48.5 Å². The SMILES string of the molecule is CCN(C(=O)c1cccc(C#N)c1)c1ccccc1C(=O)OC. The van der Waals surface area contributed by atoms with Crippen LogP contribution in [-0.2, 0) is 4.74 Å². The molecule has 0 atom stereocenters. The Balaban J connectivity index is 2.46. The van der Waals surface area contributed by atoms with Crippen LogP contribution in [0.4, 0.5) is 5.69 Å². The van der Waals surface area contributed by atoms with Gasteiger partial charge in [-0.15, -0.1) is 0 Å². The maximum absolute atomic E-state index is 12.8. The van der Waals surface area contributed by atoms with Crippen molar-refractivity contribution < 1.29 is 14.3 Å². The van der Waals surface area contributed by atoms with Gasteiger partial charge in [0.05, 0.1) is 30.0 Å². The van der Waals surface area contributed by atoms with Crippen LogP contribution in [-0.4, -0.2) is 25.5 Å². The summed E-state index contributed by atoms with van der Waals surface area (Å²) < 4.78 is 4.77. The van der Waals surface area contributed by atoms with Gasteiger partial charge < -0.3 is 9.64 Å². The maximum Gasteiger partial charge on any atom is 0.339 e. The normalized spacial score (nSPS) is 9.78. The average molecular weight is 308 g/mol. The molecule has 0 fully saturated rings. The minimum absolute atomic E-state index is 0.277. The number of esters is 1. The minimum Gasteiger partial charge on any atom is -0.465 e. The number of carbonyl (C=O) groups excluding carboxylic acids is 2. The predicted molar refractivity (Wildman–Crippen MR) is 86.3 cm³/mol. The number of hydrogen-bond acceptors (Lipinski definition) is 4. The molecule has 0 aliphatic rings. The highest BCUT2D eigenvalue weighted by Crippen LogP contribution is 2.23. The van der Waals surface area contributed by atoms with Crippen molar-refractivity contribution >= 4 is 17.6 Å². The maximum atomic E-state index is 12.8. The number of nitrogens with zero attached hydrogens (tertiary/aromatic N) is 2. The molecule has 0 saturated heterocycles. The van der Waals surface area contributed by atoms with Crippen LogP contribution < -0.4 is 4.90 Å². The zero-order chi connectivity index (χ0) is 16.8. The average Bonchev–Trinajstić information content (AvgIpc) is 2.62. The third kappa shape index (κ3) is 3.38. The molecule has 5 heteroatoms. The Bertz CT molecular complexity index is 778. The van der Waals surface area contributed by atoms with E-state index in [0.29, 0.717) is 28.9 Å². The van der Waals surface area contributed by atoms with Crippen molar-refractivity contribution in [2.45, 2.75) is 6.92 Å². The molecule has 23 heavy (non-hydrogen) atoms. The standard InChI is InChI=1S/C18H16N2O3/c1-3-20(16-10-5-4-9-15(16)18(22)23-2)17(21)14-8-6-7-13(11-14)12-19/h4-11H,3H2,1-2H3. The summed E-state index contributed by atoms with van der Waals surface area (Å²) in [6, 6.07) is 15.3. The molecule has 0 unspecified atom stereocenters. The van der Waals surface area contributed by atoms with E-state index in [0.717, 1.165) is 0 Å². The van der Waals surface area contributed by atoms with Gasteiger partial charge in [0.2, 0.25) is 0 Å². The first-order valence-electron chi connectivity index (χ1n) is 7.11. The number of benzene rings is 2. The first-order chi connectivity index (χ1) is 11.1. The summed E-state index contributed by atoms with van der Waals surface area (Å²) in [5, 5.41) is 8.97. The Labute approximate surface area is 134 Å². The van der Waals surface area contributed by atoms with Crippen LogP contribution in [0, 0.1) is 11.3 Å². The van der Waals surface area contributed by atoms with Crippen LogP contribution in [0.2, 0.25) is 0 Å². The molecule has 0 aromatic heterocycles. The van der Waals surface area contributed by atoms with E-state index in [9.17, 15) is 9.59 Å². The van der Waals surface area contributed by atoms with Crippen molar-refractivity contribution in [3.8, 4) is 6.07 Å². The number of para-hydroxylation sites is 1. The molecule has 0 radical (unpaired) electrons. The summed E-state index contributed by atoms with van der Waals surface area (Å²) in [6.07, 6.45) is 0. The van der Waals surface area contributed by atoms with Gasteiger partial charge in [-0.2, -0.15) is 5.26 Å². The summed E-state index contributed by atoms with van der Waals surface area (Å²) in [5.41, 5.74) is 1.61. The van der Waals surface area contributed by atoms with Crippen LogP contribution in [0.25, 0.3) is 0 Å². The fourth-order valence-corrected chi connectivity index (χ4v) is 2.29. The van der Waals surface area contributed by atoms with Crippen LogP contribution in [0.3, 0.4) is 0 Å². The van der Waals surface area contributed by atoms with E-state index in [4.69, 9.17) is 10.00 Å². The summed E-state index contributed by atoms with van der Waals surface area (Å²) in [5.74, 6) is -0.779. The first kappa shape index (κ1) is 16.2. The second-order valence-corrected chi connectivity index (χ2v) is 4.75. The Morgan fingerprint density at radius 3 is 2.57 bits per heavy atom. The molecular formula is C18H16N2O3. The van der Waals surface area contributed by atoms with E-state index in [1.807, 2.05) is 13.0 Å². The molecule has 2 aromatic carbocycles. The molecule has 0 bridgehead atoms. The van der Waals surface area contributed by atoms with E-state index < -0.39 is 5.97 Å². The third-order valence-electron chi connectivity index (χ3n) is 3.40. The monoisotopic (exact) mass is 308 g/mol. The summed E-state index contributed by atoms with van der Waals surface area (Å²) >= 11 is 0. The molecule has 2 aromatic rings. The lowest BCUT2D eigenvalue weighted by Crippen LogP contribution is -2.32. The molecule has 0 heterocycles. The van der Waals surface area contributed by atoms with Gasteiger partial charge in [0.15, 0.2) is 0 Å². The number of carbonyl (C=O) groups is 2. The highest BCUT2D eigenvalue weighted by Gasteiger charge is 2.22. The van der Waals surface area contributed by atoms with Crippen LogP contribution in [0.1, 0.15) is 33.2 Å². The summed E-state index contributed by atoms with van der Waals surface area (Å²) in [7, 11) is 1.30. The number of anilines is 1. The lowest BCUT2D eigenvalue weighted by Gasteiger charge is -2.23. The molecule has 116 valence electrons. The fourth-order valence-electron chi connectivity index (χ4n) is 2.29. The number of nitriles is 1. The van der Waals surface area contributed by atoms with Crippen molar-refractivity contribution in [3.63, 3.8) is 0 Å². The Morgan fingerprint density at radius 1 is 1.17 bits per heavy atom. The van der Waals surface area contributed by atoms with E-state index in [1.54, 1.807) is 42.5 Å². The van der Waals surface area contributed by atoms with E-state index in [1.165, 1.54) is 18.1 Å². The van der Waals surface area contributed by atoms with Gasteiger partial charge in [0, 0.05) is 12.1 Å². The molecule has 0 spiro atoms. The molecule has 0 saturated carbocycles. The minimum atomic E-state index is -0.502. The number of ether oxygens (including phenoxy) is 1. The van der Waals surface area contributed by atoms with E-state index >= 15 is 0 Å². The van der Waals surface area contributed by atoms with Gasteiger partial charge in [-0.25, -0.2) is 4.79 Å². The Morgan fingerprint density at radius 2 is 1.91 bits per heavy atom. The van der Waals surface area contributed by atoms with Crippen molar-refractivity contribution in [1.82, 2.24) is 0 Å². The van der Waals surface area contributed by atoms with Gasteiger partial charge in [-0.3, -0.25) is 4.79 Å². The van der Waals surface area contributed by atoms with Gasteiger partial charge in [0.25, 0.3) is 5.91 Å². The molecular weight excluding hydrogens is 292 g/mol. The lowest BCUT2D eigenvalue weighted by atomic mass is 10.1. The largest absolute Gasteiger partial charge is 0.465 e. The molecule has 0 aliphatic carbocycles. The number of rotatable bonds is 4. The van der Waals surface area contributed by atoms with Crippen molar-refractivity contribution in [1.29, 1.82) is 5.26 Å². The quantitative estimate of drug-likeness (QED) is 0.814. The van der Waals surface area contributed by atoms with Crippen molar-refractivity contribution in [2.75, 3.05) is 18.6 Å². The highest BCUT2D eigenvalue weighted by molar-refractivity contribution is 6.09. The third-order valence-corrected chi connectivity index (χ3v) is 3.40. The second kappa shape index (κ2) is 7.23. The number of amides is 1.